The molecule has 1 heterocycles. The van der Waals surface area contributed by atoms with Crippen LogP contribution in [0.2, 0.25) is 0 Å². The summed E-state index contributed by atoms with van der Waals surface area (Å²) in [6.45, 7) is 2.55. The van der Waals surface area contributed by atoms with Crippen molar-refractivity contribution in [2.45, 2.75) is 75.9 Å². The minimum atomic E-state index is 0.824. The van der Waals surface area contributed by atoms with Crippen molar-refractivity contribution in [3.05, 3.63) is 0 Å². The van der Waals surface area contributed by atoms with Gasteiger partial charge in [-0.1, -0.05) is 32.1 Å². The van der Waals surface area contributed by atoms with Crippen LogP contribution in [0.15, 0.2) is 0 Å². The molecule has 0 unspecified atom stereocenters. The molecule has 0 spiro atoms. The first-order chi connectivity index (χ1) is 7.95. The van der Waals surface area contributed by atoms with Crippen LogP contribution < -0.4 is 5.32 Å². The topological polar surface area (TPSA) is 15.3 Å². The first-order valence-electron chi connectivity index (χ1n) is 7.44. The molecule has 3 aliphatic rings. The molecule has 1 aliphatic heterocycles. The average molecular weight is 222 g/mol. The first-order valence-corrected chi connectivity index (χ1v) is 7.44. The van der Waals surface area contributed by atoms with Gasteiger partial charge in [0, 0.05) is 31.2 Å². The molecule has 1 N–H and O–H groups in total. The zero-order valence-electron chi connectivity index (χ0n) is 10.5. The fraction of sp³-hybridized carbons (Fsp3) is 1.00. The molecule has 0 radical (unpaired) electrons. The molecule has 92 valence electrons. The Hall–Kier alpha value is -0.0800. The van der Waals surface area contributed by atoms with Crippen LogP contribution in [0.1, 0.15) is 57.8 Å². The average Bonchev–Trinajstić information content (AvgIpc) is 2.39. The van der Waals surface area contributed by atoms with Crippen LogP contribution in [0.25, 0.3) is 0 Å². The van der Waals surface area contributed by atoms with Gasteiger partial charge in [0.2, 0.25) is 0 Å². The lowest BCUT2D eigenvalue weighted by Crippen LogP contribution is -2.61. The molecule has 0 bridgehead atoms. The summed E-state index contributed by atoms with van der Waals surface area (Å²) in [4.78, 5) is 2.89. The van der Waals surface area contributed by atoms with Crippen LogP contribution in [0.5, 0.6) is 0 Å². The lowest BCUT2D eigenvalue weighted by Gasteiger charge is -2.49. The number of nitrogens with one attached hydrogen (secondary N) is 1. The fourth-order valence-electron chi connectivity index (χ4n) is 4.16. The van der Waals surface area contributed by atoms with E-state index >= 15 is 0 Å². The predicted octanol–water partition coefficient (Wildman–Crippen LogP) is 2.54. The Morgan fingerprint density at radius 1 is 0.812 bits per heavy atom. The highest BCUT2D eigenvalue weighted by Crippen LogP contribution is 2.31. The smallest absolute Gasteiger partial charge is 0.0252 e. The fourth-order valence-corrected chi connectivity index (χ4v) is 4.16. The molecular weight excluding hydrogens is 196 g/mol. The molecule has 2 atom stereocenters. The normalized spacial score (nSPS) is 38.2. The van der Waals surface area contributed by atoms with Crippen molar-refractivity contribution < 1.29 is 0 Å². The maximum absolute atomic E-state index is 3.75. The summed E-state index contributed by atoms with van der Waals surface area (Å²) in [5.41, 5.74) is 0. The maximum atomic E-state index is 3.75. The number of rotatable bonds is 1. The molecular formula is C14H26N2. The van der Waals surface area contributed by atoms with Gasteiger partial charge in [-0.3, -0.25) is 4.90 Å². The third kappa shape index (κ3) is 2.14. The van der Waals surface area contributed by atoms with Crippen LogP contribution in [0.3, 0.4) is 0 Å². The van der Waals surface area contributed by atoms with Crippen LogP contribution in [0, 0.1) is 0 Å². The summed E-state index contributed by atoms with van der Waals surface area (Å²) >= 11 is 0. The number of piperazine rings is 1. The van der Waals surface area contributed by atoms with Crippen molar-refractivity contribution in [2.75, 3.05) is 13.1 Å². The molecule has 0 amide bonds. The van der Waals surface area contributed by atoms with Gasteiger partial charge < -0.3 is 5.32 Å². The summed E-state index contributed by atoms with van der Waals surface area (Å²) < 4.78 is 0. The molecule has 3 rings (SSSR count). The molecule has 2 nitrogen and oxygen atoms in total. The van der Waals surface area contributed by atoms with Crippen LogP contribution in [-0.4, -0.2) is 36.1 Å². The lowest BCUT2D eigenvalue weighted by atomic mass is 9.84. The third-order valence-corrected chi connectivity index (χ3v) is 4.98. The molecule has 16 heavy (non-hydrogen) atoms. The first kappa shape index (κ1) is 11.0. The SMILES string of the molecule is C1CCC(N2CCN[C@H]3CCCC[C@@H]32)CC1. The summed E-state index contributed by atoms with van der Waals surface area (Å²) in [5.74, 6) is 0. The molecule has 1 saturated heterocycles. The summed E-state index contributed by atoms with van der Waals surface area (Å²) in [6, 6.07) is 2.64. The number of hydrogen-bond acceptors (Lipinski definition) is 2. The zero-order valence-corrected chi connectivity index (χ0v) is 10.5. The second-order valence-corrected chi connectivity index (χ2v) is 5.94. The summed E-state index contributed by atoms with van der Waals surface area (Å²) in [6.07, 6.45) is 13.2. The Balaban J connectivity index is 1.67. The Bertz CT molecular complexity index is 221. The highest BCUT2D eigenvalue weighted by atomic mass is 15.3. The third-order valence-electron chi connectivity index (χ3n) is 4.98. The Labute approximate surface area is 99.8 Å². The zero-order chi connectivity index (χ0) is 10.8. The minimum absolute atomic E-state index is 0.824. The second kappa shape index (κ2) is 5.05. The van der Waals surface area contributed by atoms with E-state index in [1.54, 1.807) is 0 Å². The van der Waals surface area contributed by atoms with Gasteiger partial charge in [-0.05, 0) is 25.7 Å². The van der Waals surface area contributed by atoms with Crippen molar-refractivity contribution in [1.82, 2.24) is 10.2 Å². The largest absolute Gasteiger partial charge is 0.311 e. The Morgan fingerprint density at radius 2 is 1.56 bits per heavy atom. The summed E-state index contributed by atoms with van der Waals surface area (Å²) in [7, 11) is 0. The van der Waals surface area contributed by atoms with E-state index in [4.69, 9.17) is 0 Å². The summed E-state index contributed by atoms with van der Waals surface area (Å²) in [5, 5.41) is 3.75. The van der Waals surface area contributed by atoms with E-state index in [-0.39, 0.29) is 0 Å². The standard InChI is InChI=1S/C14H26N2/c1-2-6-12(7-3-1)16-11-10-15-13-8-4-5-9-14(13)16/h12-15H,1-11H2/t13-,14-/m0/s1. The molecule has 2 aliphatic carbocycles. The van der Waals surface area contributed by atoms with Gasteiger partial charge in [0.15, 0.2) is 0 Å². The van der Waals surface area contributed by atoms with Gasteiger partial charge in [-0.25, -0.2) is 0 Å². The Kier molecular flexibility index (Phi) is 3.49. The van der Waals surface area contributed by atoms with E-state index in [0.29, 0.717) is 0 Å². The van der Waals surface area contributed by atoms with Crippen molar-refractivity contribution >= 4 is 0 Å². The lowest BCUT2D eigenvalue weighted by molar-refractivity contribution is 0.0343. The van der Waals surface area contributed by atoms with E-state index in [9.17, 15) is 0 Å². The van der Waals surface area contributed by atoms with Gasteiger partial charge in [-0.15, -0.1) is 0 Å². The van der Waals surface area contributed by atoms with Crippen molar-refractivity contribution in [1.29, 1.82) is 0 Å². The highest BCUT2D eigenvalue weighted by molar-refractivity contribution is 4.95. The van der Waals surface area contributed by atoms with E-state index in [2.05, 4.69) is 10.2 Å². The van der Waals surface area contributed by atoms with Crippen LogP contribution >= 0.6 is 0 Å². The van der Waals surface area contributed by atoms with Crippen molar-refractivity contribution in [3.8, 4) is 0 Å². The molecule has 2 heteroatoms. The van der Waals surface area contributed by atoms with Gasteiger partial charge in [0.05, 0.1) is 0 Å². The molecule has 0 aromatic heterocycles. The van der Waals surface area contributed by atoms with E-state index < -0.39 is 0 Å². The van der Waals surface area contributed by atoms with Gasteiger partial charge in [0.1, 0.15) is 0 Å². The van der Waals surface area contributed by atoms with E-state index in [0.717, 1.165) is 18.1 Å². The number of hydrogen-bond donors (Lipinski definition) is 1. The van der Waals surface area contributed by atoms with Crippen LogP contribution in [0.4, 0.5) is 0 Å². The molecule has 0 aromatic carbocycles. The molecule has 2 saturated carbocycles. The number of nitrogens with zero attached hydrogens (tertiary/aromatic N) is 1. The van der Waals surface area contributed by atoms with E-state index in [1.807, 2.05) is 0 Å². The quantitative estimate of drug-likeness (QED) is 0.733. The van der Waals surface area contributed by atoms with Gasteiger partial charge in [-0.2, -0.15) is 0 Å². The second-order valence-electron chi connectivity index (χ2n) is 5.94. The number of fused-ring (bicyclic) bond motifs is 1. The minimum Gasteiger partial charge on any atom is -0.311 e. The van der Waals surface area contributed by atoms with Crippen LogP contribution in [-0.2, 0) is 0 Å². The monoisotopic (exact) mass is 222 g/mol. The Morgan fingerprint density at radius 3 is 2.44 bits per heavy atom. The van der Waals surface area contributed by atoms with E-state index in [1.165, 1.54) is 70.9 Å². The van der Waals surface area contributed by atoms with Gasteiger partial charge in [0.25, 0.3) is 0 Å². The highest BCUT2D eigenvalue weighted by Gasteiger charge is 2.36. The van der Waals surface area contributed by atoms with Crippen molar-refractivity contribution in [2.24, 2.45) is 0 Å². The van der Waals surface area contributed by atoms with Gasteiger partial charge >= 0.3 is 0 Å². The maximum Gasteiger partial charge on any atom is 0.0252 e. The van der Waals surface area contributed by atoms with Crippen molar-refractivity contribution in [3.63, 3.8) is 0 Å². The predicted molar refractivity (Wildman–Crippen MR) is 67.6 cm³/mol. The molecule has 0 aromatic rings. The molecule has 3 fully saturated rings.